The molecule has 0 aliphatic carbocycles. The number of rotatable bonds is 6. The van der Waals surface area contributed by atoms with Crippen LogP contribution in [0.5, 0.6) is 0 Å². The van der Waals surface area contributed by atoms with Gasteiger partial charge >= 0.3 is 0 Å². The molecule has 0 spiro atoms. The summed E-state index contributed by atoms with van der Waals surface area (Å²) in [5, 5.41) is 3.03. The monoisotopic (exact) mass is 283 g/mol. The van der Waals surface area contributed by atoms with Crippen LogP contribution in [0.25, 0.3) is 0 Å². The maximum atomic E-state index is 12.2. The zero-order chi connectivity index (χ0) is 15.1. The molecule has 0 aromatic carbocycles. The lowest BCUT2D eigenvalue weighted by molar-refractivity contribution is -0.134. The number of carbonyl (C=O) groups excluding carboxylic acids is 2. The lowest BCUT2D eigenvalue weighted by Crippen LogP contribution is -2.51. The summed E-state index contributed by atoms with van der Waals surface area (Å²) in [5.41, 5.74) is 5.94. The molecule has 1 rings (SSSR count). The molecular formula is C15H29N3O2. The van der Waals surface area contributed by atoms with Crippen LogP contribution in [0.3, 0.4) is 0 Å². The van der Waals surface area contributed by atoms with Gasteiger partial charge in [-0.15, -0.1) is 0 Å². The van der Waals surface area contributed by atoms with Crippen molar-refractivity contribution in [1.82, 2.24) is 10.2 Å². The minimum Gasteiger partial charge on any atom is -0.353 e. The van der Waals surface area contributed by atoms with Crippen LogP contribution in [0, 0.1) is 5.92 Å². The van der Waals surface area contributed by atoms with Crippen molar-refractivity contribution in [1.29, 1.82) is 0 Å². The third-order valence-electron chi connectivity index (χ3n) is 3.69. The van der Waals surface area contributed by atoms with Crippen molar-refractivity contribution in [3.8, 4) is 0 Å². The lowest BCUT2D eigenvalue weighted by Gasteiger charge is -2.34. The molecule has 0 radical (unpaired) electrons. The van der Waals surface area contributed by atoms with Gasteiger partial charge in [0.15, 0.2) is 0 Å². The molecule has 1 atom stereocenters. The predicted octanol–water partition coefficient (Wildman–Crippen LogP) is 1.27. The van der Waals surface area contributed by atoms with Crippen molar-refractivity contribution in [3.05, 3.63) is 0 Å². The van der Waals surface area contributed by atoms with E-state index in [9.17, 15) is 9.59 Å². The number of nitrogens with one attached hydrogen (secondary N) is 1. The molecular weight excluding hydrogens is 254 g/mol. The summed E-state index contributed by atoms with van der Waals surface area (Å²) >= 11 is 0. The SMILES string of the molecule is CCCC(=O)NC1CCN(C(=O)C(N)CC(C)C)CC1. The fourth-order valence-corrected chi connectivity index (χ4v) is 2.61. The molecule has 0 saturated carbocycles. The van der Waals surface area contributed by atoms with E-state index in [2.05, 4.69) is 19.2 Å². The minimum absolute atomic E-state index is 0.0528. The standard InChI is InChI=1S/C15H29N3O2/c1-4-5-14(19)17-12-6-8-18(9-7-12)15(20)13(16)10-11(2)3/h11-13H,4-10,16H2,1-3H3,(H,17,19). The van der Waals surface area contributed by atoms with Gasteiger partial charge in [-0.3, -0.25) is 9.59 Å². The Labute approximate surface area is 122 Å². The molecule has 20 heavy (non-hydrogen) atoms. The summed E-state index contributed by atoms with van der Waals surface area (Å²) in [4.78, 5) is 25.6. The summed E-state index contributed by atoms with van der Waals surface area (Å²) in [7, 11) is 0. The molecule has 1 unspecified atom stereocenters. The number of likely N-dealkylation sites (tertiary alicyclic amines) is 1. The Morgan fingerprint density at radius 2 is 1.90 bits per heavy atom. The number of amides is 2. The maximum absolute atomic E-state index is 12.2. The first-order valence-electron chi connectivity index (χ1n) is 7.77. The van der Waals surface area contributed by atoms with Gasteiger partial charge < -0.3 is 16.0 Å². The third kappa shape index (κ3) is 5.49. The van der Waals surface area contributed by atoms with Gasteiger partial charge in [-0.1, -0.05) is 20.8 Å². The molecule has 2 amide bonds. The number of hydrogen-bond donors (Lipinski definition) is 2. The molecule has 1 heterocycles. The Kier molecular flexibility index (Phi) is 6.99. The van der Waals surface area contributed by atoms with Crippen LogP contribution in [0.15, 0.2) is 0 Å². The van der Waals surface area contributed by atoms with Crippen LogP contribution in [0.4, 0.5) is 0 Å². The topological polar surface area (TPSA) is 75.4 Å². The number of nitrogens with zero attached hydrogens (tertiary/aromatic N) is 1. The van der Waals surface area contributed by atoms with E-state index in [1.807, 2.05) is 11.8 Å². The van der Waals surface area contributed by atoms with E-state index < -0.39 is 0 Å². The minimum atomic E-state index is -0.388. The summed E-state index contributed by atoms with van der Waals surface area (Å²) in [5.74, 6) is 0.602. The van der Waals surface area contributed by atoms with Gasteiger partial charge in [-0.05, 0) is 31.6 Å². The summed E-state index contributed by atoms with van der Waals surface area (Å²) in [6.07, 6.45) is 3.84. The molecule has 116 valence electrons. The largest absolute Gasteiger partial charge is 0.353 e. The highest BCUT2D eigenvalue weighted by molar-refractivity contribution is 5.81. The highest BCUT2D eigenvalue weighted by Gasteiger charge is 2.27. The van der Waals surface area contributed by atoms with Crippen LogP contribution in [-0.4, -0.2) is 41.9 Å². The van der Waals surface area contributed by atoms with Gasteiger partial charge in [0.25, 0.3) is 0 Å². The van der Waals surface area contributed by atoms with E-state index in [0.717, 1.165) is 25.7 Å². The summed E-state index contributed by atoms with van der Waals surface area (Å²) < 4.78 is 0. The molecule has 1 aliphatic heterocycles. The Balaban J connectivity index is 2.34. The van der Waals surface area contributed by atoms with Crippen LogP contribution in [-0.2, 0) is 9.59 Å². The van der Waals surface area contributed by atoms with E-state index in [0.29, 0.717) is 25.4 Å². The Morgan fingerprint density at radius 3 is 2.40 bits per heavy atom. The van der Waals surface area contributed by atoms with Crippen molar-refractivity contribution < 1.29 is 9.59 Å². The average molecular weight is 283 g/mol. The van der Waals surface area contributed by atoms with Gasteiger partial charge in [0.1, 0.15) is 0 Å². The quantitative estimate of drug-likeness (QED) is 0.770. The highest BCUT2D eigenvalue weighted by Crippen LogP contribution is 2.13. The highest BCUT2D eigenvalue weighted by atomic mass is 16.2. The number of piperidine rings is 1. The van der Waals surface area contributed by atoms with Crippen LogP contribution >= 0.6 is 0 Å². The number of carbonyl (C=O) groups is 2. The zero-order valence-electron chi connectivity index (χ0n) is 13.0. The first-order valence-corrected chi connectivity index (χ1v) is 7.77. The van der Waals surface area contributed by atoms with E-state index in [4.69, 9.17) is 5.73 Å². The van der Waals surface area contributed by atoms with Crippen molar-refractivity contribution in [2.45, 2.75) is 65.0 Å². The van der Waals surface area contributed by atoms with Crippen molar-refractivity contribution >= 4 is 11.8 Å². The molecule has 5 heteroatoms. The molecule has 0 bridgehead atoms. The summed E-state index contributed by atoms with van der Waals surface area (Å²) in [6.45, 7) is 7.53. The van der Waals surface area contributed by atoms with E-state index in [-0.39, 0.29) is 23.9 Å². The van der Waals surface area contributed by atoms with E-state index in [1.54, 1.807) is 0 Å². The van der Waals surface area contributed by atoms with Gasteiger partial charge in [0.05, 0.1) is 6.04 Å². The van der Waals surface area contributed by atoms with Gasteiger partial charge in [0.2, 0.25) is 11.8 Å². The van der Waals surface area contributed by atoms with E-state index in [1.165, 1.54) is 0 Å². The predicted molar refractivity (Wildman–Crippen MR) is 80.1 cm³/mol. The van der Waals surface area contributed by atoms with Crippen LogP contribution < -0.4 is 11.1 Å². The molecule has 1 fully saturated rings. The normalized spacial score (nSPS) is 18.1. The van der Waals surface area contributed by atoms with Gasteiger partial charge in [-0.2, -0.15) is 0 Å². The Bertz CT molecular complexity index is 323. The van der Waals surface area contributed by atoms with Crippen molar-refractivity contribution in [2.24, 2.45) is 11.7 Å². The molecule has 5 nitrogen and oxygen atoms in total. The molecule has 0 aromatic rings. The second-order valence-corrected chi connectivity index (χ2v) is 6.15. The van der Waals surface area contributed by atoms with Gasteiger partial charge in [0, 0.05) is 25.6 Å². The smallest absolute Gasteiger partial charge is 0.239 e. The Morgan fingerprint density at radius 1 is 1.30 bits per heavy atom. The molecule has 0 aromatic heterocycles. The second kappa shape index (κ2) is 8.25. The van der Waals surface area contributed by atoms with Crippen molar-refractivity contribution in [2.75, 3.05) is 13.1 Å². The number of hydrogen-bond acceptors (Lipinski definition) is 3. The van der Waals surface area contributed by atoms with Crippen molar-refractivity contribution in [3.63, 3.8) is 0 Å². The van der Waals surface area contributed by atoms with Gasteiger partial charge in [-0.25, -0.2) is 0 Å². The molecule has 3 N–H and O–H groups in total. The fraction of sp³-hybridized carbons (Fsp3) is 0.867. The van der Waals surface area contributed by atoms with E-state index >= 15 is 0 Å². The average Bonchev–Trinajstić information content (AvgIpc) is 2.38. The molecule has 1 aliphatic rings. The summed E-state index contributed by atoms with van der Waals surface area (Å²) in [6, 6.07) is -0.180. The first-order chi connectivity index (χ1) is 9.43. The third-order valence-corrected chi connectivity index (χ3v) is 3.69. The fourth-order valence-electron chi connectivity index (χ4n) is 2.61. The van der Waals surface area contributed by atoms with Crippen LogP contribution in [0.1, 0.15) is 52.9 Å². The lowest BCUT2D eigenvalue weighted by atomic mass is 10.0. The number of nitrogens with two attached hydrogens (primary N) is 1. The Hall–Kier alpha value is -1.10. The second-order valence-electron chi connectivity index (χ2n) is 6.15. The zero-order valence-corrected chi connectivity index (χ0v) is 13.0. The first kappa shape index (κ1) is 17.0. The maximum Gasteiger partial charge on any atom is 0.239 e. The van der Waals surface area contributed by atoms with Crippen LogP contribution in [0.2, 0.25) is 0 Å². The molecule has 1 saturated heterocycles.